The molecule has 1 fully saturated rings. The zero-order valence-corrected chi connectivity index (χ0v) is 15.6. The van der Waals surface area contributed by atoms with Gasteiger partial charge in [0.05, 0.1) is 24.5 Å². The Morgan fingerprint density at radius 1 is 1.56 bits per heavy atom. The van der Waals surface area contributed by atoms with E-state index in [0.29, 0.717) is 19.1 Å². The molecule has 0 radical (unpaired) electrons. The lowest BCUT2D eigenvalue weighted by Crippen LogP contribution is -2.29. The maximum absolute atomic E-state index is 12.2. The van der Waals surface area contributed by atoms with Gasteiger partial charge in [-0.3, -0.25) is 9.48 Å². The molecule has 1 atom stereocenters. The summed E-state index contributed by atoms with van der Waals surface area (Å²) in [7, 11) is 1.65. The zero-order chi connectivity index (χ0) is 17.6. The van der Waals surface area contributed by atoms with Crippen molar-refractivity contribution in [2.45, 2.75) is 45.4 Å². The smallest absolute Gasteiger partial charge is 0.242 e. The fraction of sp³-hybridized carbons (Fsp3) is 0.588. The lowest BCUT2D eigenvalue weighted by atomic mass is 9.97. The van der Waals surface area contributed by atoms with Crippen molar-refractivity contribution in [3.8, 4) is 0 Å². The van der Waals surface area contributed by atoms with E-state index in [1.807, 2.05) is 19.2 Å². The van der Waals surface area contributed by atoms with Crippen molar-refractivity contribution in [2.24, 2.45) is 0 Å². The molecule has 0 aromatic carbocycles. The van der Waals surface area contributed by atoms with Crippen molar-refractivity contribution in [3.05, 3.63) is 33.5 Å². The molecule has 1 saturated heterocycles. The van der Waals surface area contributed by atoms with Crippen LogP contribution in [0, 0.1) is 6.92 Å². The van der Waals surface area contributed by atoms with Gasteiger partial charge >= 0.3 is 0 Å². The summed E-state index contributed by atoms with van der Waals surface area (Å²) in [5.41, 5.74) is 2.02. The Labute approximate surface area is 151 Å². The van der Waals surface area contributed by atoms with Crippen molar-refractivity contribution < 1.29 is 9.53 Å². The van der Waals surface area contributed by atoms with E-state index < -0.39 is 0 Å². The summed E-state index contributed by atoms with van der Waals surface area (Å²) in [6.07, 6.45) is 4.22. The molecule has 8 heteroatoms. The Morgan fingerprint density at radius 3 is 3.20 bits per heavy atom. The zero-order valence-electron chi connectivity index (χ0n) is 14.7. The number of nitrogens with one attached hydrogen (secondary N) is 2. The second-order valence-corrected chi connectivity index (χ2v) is 7.48. The first kappa shape index (κ1) is 18.0. The number of carbonyl (C=O) groups is 1. The fourth-order valence-electron chi connectivity index (χ4n) is 3.01. The number of nitrogens with zero attached hydrogens (tertiary/aromatic N) is 3. The number of hydrogen-bond acceptors (Lipinski definition) is 6. The van der Waals surface area contributed by atoms with Crippen LogP contribution in [0.15, 0.2) is 12.3 Å². The minimum atomic E-state index is -0.0440. The van der Waals surface area contributed by atoms with Gasteiger partial charge in [-0.2, -0.15) is 5.10 Å². The Hall–Kier alpha value is -1.77. The van der Waals surface area contributed by atoms with Gasteiger partial charge in [-0.25, -0.2) is 4.98 Å². The summed E-state index contributed by atoms with van der Waals surface area (Å²) in [5, 5.41) is 11.8. The molecule has 25 heavy (non-hydrogen) atoms. The van der Waals surface area contributed by atoms with E-state index >= 15 is 0 Å². The molecule has 0 unspecified atom stereocenters. The van der Waals surface area contributed by atoms with Crippen LogP contribution in [-0.2, 0) is 29.2 Å². The van der Waals surface area contributed by atoms with Crippen LogP contribution in [0.2, 0.25) is 0 Å². The predicted octanol–water partition coefficient (Wildman–Crippen LogP) is 1.58. The summed E-state index contributed by atoms with van der Waals surface area (Å²) >= 11 is 1.58. The minimum Gasteiger partial charge on any atom is -0.378 e. The first-order valence-corrected chi connectivity index (χ1v) is 9.42. The van der Waals surface area contributed by atoms with Crippen molar-refractivity contribution in [2.75, 3.05) is 20.2 Å². The van der Waals surface area contributed by atoms with Gasteiger partial charge in [0.2, 0.25) is 5.91 Å². The van der Waals surface area contributed by atoms with Gasteiger partial charge in [0.25, 0.3) is 0 Å². The highest BCUT2D eigenvalue weighted by Gasteiger charge is 2.18. The third kappa shape index (κ3) is 4.87. The van der Waals surface area contributed by atoms with Crippen LogP contribution in [0.5, 0.6) is 0 Å². The van der Waals surface area contributed by atoms with Gasteiger partial charge in [-0.15, -0.1) is 11.3 Å². The highest BCUT2D eigenvalue weighted by molar-refractivity contribution is 7.11. The number of amides is 1. The number of aromatic nitrogens is 3. The van der Waals surface area contributed by atoms with E-state index in [0.717, 1.165) is 40.8 Å². The van der Waals surface area contributed by atoms with Crippen LogP contribution in [-0.4, -0.2) is 40.9 Å². The number of rotatable bonds is 7. The Balaban J connectivity index is 1.50. The molecular formula is C17H25N5O2S. The van der Waals surface area contributed by atoms with E-state index in [4.69, 9.17) is 4.74 Å². The molecule has 136 valence electrons. The molecule has 2 N–H and O–H groups in total. The molecule has 0 aliphatic carbocycles. The molecule has 1 amide bonds. The van der Waals surface area contributed by atoms with Crippen molar-refractivity contribution in [1.29, 1.82) is 0 Å². The molecule has 0 bridgehead atoms. The molecule has 1 aliphatic heterocycles. The number of methoxy groups -OCH3 is 1. The minimum absolute atomic E-state index is 0.0440. The van der Waals surface area contributed by atoms with Crippen molar-refractivity contribution >= 4 is 17.2 Å². The lowest BCUT2D eigenvalue weighted by molar-refractivity contribution is -0.122. The summed E-state index contributed by atoms with van der Waals surface area (Å²) in [4.78, 5) is 17.7. The second kappa shape index (κ2) is 8.55. The maximum atomic E-state index is 12.2. The first-order chi connectivity index (χ1) is 12.2. The second-order valence-electron chi connectivity index (χ2n) is 6.31. The fourth-order valence-corrected chi connectivity index (χ4v) is 3.99. The summed E-state index contributed by atoms with van der Waals surface area (Å²) in [6, 6.07) is 2.02. The number of thiazole rings is 1. The average molecular weight is 363 g/mol. The normalized spacial score (nSPS) is 17.6. The number of carbonyl (C=O) groups excluding carboxylic acids is 1. The van der Waals surface area contributed by atoms with Crippen LogP contribution in [0.25, 0.3) is 0 Å². The predicted molar refractivity (Wildman–Crippen MR) is 96.5 cm³/mol. The topological polar surface area (TPSA) is 81.1 Å². The van der Waals surface area contributed by atoms with Gasteiger partial charge in [0.15, 0.2) is 0 Å². The van der Waals surface area contributed by atoms with Crippen molar-refractivity contribution in [3.63, 3.8) is 0 Å². The highest BCUT2D eigenvalue weighted by atomic mass is 32.1. The van der Waals surface area contributed by atoms with Crippen LogP contribution >= 0.6 is 11.3 Å². The van der Waals surface area contributed by atoms with E-state index in [2.05, 4.69) is 20.7 Å². The highest BCUT2D eigenvalue weighted by Crippen LogP contribution is 2.21. The maximum Gasteiger partial charge on any atom is 0.242 e. The SMILES string of the molecule is COCc1nc(C)c(CNC(=O)Cn2ccc([C@@H]3CCCNC3)n2)s1. The number of piperidine rings is 1. The van der Waals surface area contributed by atoms with E-state index in [1.165, 1.54) is 6.42 Å². The van der Waals surface area contributed by atoms with Crippen LogP contribution < -0.4 is 10.6 Å². The monoisotopic (exact) mass is 363 g/mol. The third-order valence-electron chi connectivity index (χ3n) is 4.33. The number of aryl methyl sites for hydroxylation is 1. The Bertz CT molecular complexity index is 706. The summed E-state index contributed by atoms with van der Waals surface area (Å²) < 4.78 is 6.82. The van der Waals surface area contributed by atoms with E-state index in [1.54, 1.807) is 23.1 Å². The summed E-state index contributed by atoms with van der Waals surface area (Å²) in [6.45, 7) is 5.25. The standard InChI is InChI=1S/C17H25N5O2S/c1-12-15(25-17(20-12)11-24-2)9-19-16(23)10-22-7-5-14(21-22)13-4-3-6-18-8-13/h5,7,13,18H,3-4,6,8-11H2,1-2H3,(H,19,23)/t13-/m1/s1. The van der Waals surface area contributed by atoms with Gasteiger partial charge in [-0.05, 0) is 32.4 Å². The van der Waals surface area contributed by atoms with Gasteiger partial charge < -0.3 is 15.4 Å². The molecule has 0 saturated carbocycles. The molecule has 2 aromatic heterocycles. The van der Waals surface area contributed by atoms with Gasteiger partial charge in [-0.1, -0.05) is 0 Å². The number of ether oxygens (including phenoxy) is 1. The third-order valence-corrected chi connectivity index (χ3v) is 5.46. The Kier molecular flexibility index (Phi) is 6.17. The van der Waals surface area contributed by atoms with Gasteiger partial charge in [0.1, 0.15) is 11.6 Å². The van der Waals surface area contributed by atoms with E-state index in [-0.39, 0.29) is 12.5 Å². The molecular weight excluding hydrogens is 338 g/mol. The first-order valence-electron chi connectivity index (χ1n) is 8.60. The van der Waals surface area contributed by atoms with Gasteiger partial charge in [0, 0.05) is 30.6 Å². The van der Waals surface area contributed by atoms with E-state index in [9.17, 15) is 4.79 Å². The largest absolute Gasteiger partial charge is 0.378 e. The average Bonchev–Trinajstić information content (AvgIpc) is 3.21. The van der Waals surface area contributed by atoms with Crippen LogP contribution in [0.3, 0.4) is 0 Å². The lowest BCUT2D eigenvalue weighted by Gasteiger charge is -2.20. The molecule has 3 heterocycles. The van der Waals surface area contributed by atoms with Crippen molar-refractivity contribution in [1.82, 2.24) is 25.4 Å². The molecule has 7 nitrogen and oxygen atoms in total. The van der Waals surface area contributed by atoms with Crippen LogP contribution in [0.1, 0.15) is 40.0 Å². The summed E-state index contributed by atoms with van der Waals surface area (Å²) in [5.74, 6) is 0.412. The molecule has 1 aliphatic rings. The quantitative estimate of drug-likeness (QED) is 0.781. The number of hydrogen-bond donors (Lipinski definition) is 2. The van der Waals surface area contributed by atoms with Crippen LogP contribution in [0.4, 0.5) is 0 Å². The Morgan fingerprint density at radius 2 is 2.44 bits per heavy atom. The molecule has 2 aromatic rings. The molecule has 0 spiro atoms. The molecule has 3 rings (SSSR count).